The molecule has 0 aliphatic heterocycles. The number of aryl methyl sites for hydroxylation is 1. The van der Waals surface area contributed by atoms with Crippen LogP contribution in [0.1, 0.15) is 65.3 Å². The highest BCUT2D eigenvalue weighted by atomic mass is 15.1. The Balaban J connectivity index is 3.06. The standard InChI is InChI=1S/C17H32N4/c1-7-10-15-20-16(18-11-8-2)13(6)17(21-15)19-14(9-3)12(4)5/h12,14H,7-11H2,1-6H3,(H2,18,19,20,21). The third-order valence-electron chi connectivity index (χ3n) is 3.77. The molecule has 0 saturated heterocycles. The van der Waals surface area contributed by atoms with E-state index in [4.69, 9.17) is 4.98 Å². The maximum atomic E-state index is 4.74. The van der Waals surface area contributed by atoms with Gasteiger partial charge in [0.15, 0.2) is 0 Å². The van der Waals surface area contributed by atoms with Gasteiger partial charge in [0.1, 0.15) is 17.5 Å². The van der Waals surface area contributed by atoms with E-state index in [1.165, 1.54) is 0 Å². The van der Waals surface area contributed by atoms with Gasteiger partial charge in [-0.1, -0.05) is 34.6 Å². The molecule has 0 aliphatic carbocycles. The summed E-state index contributed by atoms with van der Waals surface area (Å²) >= 11 is 0. The normalized spacial score (nSPS) is 12.5. The lowest BCUT2D eigenvalue weighted by Crippen LogP contribution is -2.26. The van der Waals surface area contributed by atoms with E-state index in [9.17, 15) is 0 Å². The molecule has 0 aromatic carbocycles. The highest BCUT2D eigenvalue weighted by Crippen LogP contribution is 2.23. The van der Waals surface area contributed by atoms with Gasteiger partial charge in [0.25, 0.3) is 0 Å². The number of anilines is 2. The molecule has 21 heavy (non-hydrogen) atoms. The smallest absolute Gasteiger partial charge is 0.135 e. The molecule has 4 nitrogen and oxygen atoms in total. The summed E-state index contributed by atoms with van der Waals surface area (Å²) in [7, 11) is 0. The quantitative estimate of drug-likeness (QED) is 0.708. The van der Waals surface area contributed by atoms with Gasteiger partial charge >= 0.3 is 0 Å². The van der Waals surface area contributed by atoms with E-state index in [0.717, 1.165) is 55.3 Å². The van der Waals surface area contributed by atoms with Crippen molar-refractivity contribution >= 4 is 11.6 Å². The van der Waals surface area contributed by atoms with Crippen molar-refractivity contribution in [2.24, 2.45) is 5.92 Å². The van der Waals surface area contributed by atoms with E-state index in [1.54, 1.807) is 0 Å². The molecule has 0 radical (unpaired) electrons. The van der Waals surface area contributed by atoms with Gasteiger partial charge in [-0.25, -0.2) is 9.97 Å². The molecule has 0 spiro atoms. The fourth-order valence-corrected chi connectivity index (χ4v) is 2.37. The summed E-state index contributed by atoms with van der Waals surface area (Å²) in [5, 5.41) is 7.05. The van der Waals surface area contributed by atoms with Gasteiger partial charge in [0.05, 0.1) is 0 Å². The Kier molecular flexibility index (Phi) is 7.48. The molecule has 2 N–H and O–H groups in total. The van der Waals surface area contributed by atoms with Crippen LogP contribution in [0, 0.1) is 12.8 Å². The van der Waals surface area contributed by atoms with Gasteiger partial charge in [-0.3, -0.25) is 0 Å². The molecule has 0 saturated carbocycles. The molecule has 1 aromatic heterocycles. The van der Waals surface area contributed by atoms with Crippen LogP contribution in [0.2, 0.25) is 0 Å². The summed E-state index contributed by atoms with van der Waals surface area (Å²) in [5.41, 5.74) is 1.13. The van der Waals surface area contributed by atoms with Crippen LogP contribution in [0.4, 0.5) is 11.6 Å². The summed E-state index contributed by atoms with van der Waals surface area (Å²) in [4.78, 5) is 9.41. The minimum Gasteiger partial charge on any atom is -0.370 e. The molecule has 1 unspecified atom stereocenters. The summed E-state index contributed by atoms with van der Waals surface area (Å²) in [6.45, 7) is 14.1. The van der Waals surface area contributed by atoms with Crippen molar-refractivity contribution in [1.29, 1.82) is 0 Å². The first-order valence-electron chi connectivity index (χ1n) is 8.41. The lowest BCUT2D eigenvalue weighted by atomic mass is 10.0. The summed E-state index contributed by atoms with van der Waals surface area (Å²) in [5.74, 6) is 3.50. The van der Waals surface area contributed by atoms with Crippen molar-refractivity contribution in [2.75, 3.05) is 17.2 Å². The lowest BCUT2D eigenvalue weighted by molar-refractivity contribution is 0.509. The van der Waals surface area contributed by atoms with Crippen molar-refractivity contribution < 1.29 is 0 Å². The molecule has 120 valence electrons. The Morgan fingerprint density at radius 3 is 2.19 bits per heavy atom. The van der Waals surface area contributed by atoms with Crippen LogP contribution in [-0.4, -0.2) is 22.6 Å². The van der Waals surface area contributed by atoms with Crippen molar-refractivity contribution in [3.8, 4) is 0 Å². The highest BCUT2D eigenvalue weighted by molar-refractivity contribution is 5.57. The first kappa shape index (κ1) is 17.7. The van der Waals surface area contributed by atoms with E-state index in [2.05, 4.69) is 57.2 Å². The Morgan fingerprint density at radius 1 is 1.00 bits per heavy atom. The van der Waals surface area contributed by atoms with Crippen molar-refractivity contribution in [1.82, 2.24) is 9.97 Å². The minimum absolute atomic E-state index is 0.451. The molecule has 1 aromatic rings. The minimum atomic E-state index is 0.451. The molecular formula is C17H32N4. The van der Waals surface area contributed by atoms with Gasteiger partial charge in [-0.15, -0.1) is 0 Å². The van der Waals surface area contributed by atoms with Crippen LogP contribution in [0.15, 0.2) is 0 Å². The topological polar surface area (TPSA) is 49.8 Å². The SMILES string of the molecule is CCCNc1nc(CCC)nc(NC(CC)C(C)C)c1C. The summed E-state index contributed by atoms with van der Waals surface area (Å²) < 4.78 is 0. The Labute approximate surface area is 130 Å². The summed E-state index contributed by atoms with van der Waals surface area (Å²) in [6, 6.07) is 0.451. The second-order valence-corrected chi connectivity index (χ2v) is 6.04. The molecule has 1 heterocycles. The Hall–Kier alpha value is -1.32. The monoisotopic (exact) mass is 292 g/mol. The van der Waals surface area contributed by atoms with Gasteiger partial charge in [0, 0.05) is 24.6 Å². The average Bonchev–Trinajstić information content (AvgIpc) is 2.45. The van der Waals surface area contributed by atoms with Crippen LogP contribution in [0.3, 0.4) is 0 Å². The zero-order valence-electron chi connectivity index (χ0n) is 14.6. The molecule has 0 bridgehead atoms. The predicted molar refractivity (Wildman–Crippen MR) is 92.1 cm³/mol. The van der Waals surface area contributed by atoms with E-state index in [0.29, 0.717) is 12.0 Å². The van der Waals surface area contributed by atoms with Crippen molar-refractivity contribution in [3.63, 3.8) is 0 Å². The molecule has 1 atom stereocenters. The third-order valence-corrected chi connectivity index (χ3v) is 3.77. The number of hydrogen-bond donors (Lipinski definition) is 2. The predicted octanol–water partition coefficient (Wildman–Crippen LogP) is 4.41. The fraction of sp³-hybridized carbons (Fsp3) is 0.765. The molecule has 1 rings (SSSR count). The van der Waals surface area contributed by atoms with E-state index < -0.39 is 0 Å². The molecule has 4 heteroatoms. The number of aromatic nitrogens is 2. The Bertz CT molecular complexity index is 429. The fourth-order valence-electron chi connectivity index (χ4n) is 2.37. The number of rotatable bonds is 9. The van der Waals surface area contributed by atoms with Gasteiger partial charge in [-0.2, -0.15) is 0 Å². The lowest BCUT2D eigenvalue weighted by Gasteiger charge is -2.23. The third kappa shape index (κ3) is 5.18. The highest BCUT2D eigenvalue weighted by Gasteiger charge is 2.16. The largest absolute Gasteiger partial charge is 0.370 e. The number of hydrogen-bond acceptors (Lipinski definition) is 4. The van der Waals surface area contributed by atoms with Crippen LogP contribution >= 0.6 is 0 Å². The van der Waals surface area contributed by atoms with E-state index in [-0.39, 0.29) is 0 Å². The maximum Gasteiger partial charge on any atom is 0.135 e. The second-order valence-electron chi connectivity index (χ2n) is 6.04. The zero-order chi connectivity index (χ0) is 15.8. The van der Waals surface area contributed by atoms with Crippen LogP contribution in [-0.2, 0) is 6.42 Å². The van der Waals surface area contributed by atoms with Gasteiger partial charge < -0.3 is 10.6 Å². The van der Waals surface area contributed by atoms with Crippen LogP contribution in [0.5, 0.6) is 0 Å². The van der Waals surface area contributed by atoms with Crippen molar-refractivity contribution in [2.45, 2.75) is 73.3 Å². The molecule has 0 amide bonds. The van der Waals surface area contributed by atoms with E-state index >= 15 is 0 Å². The van der Waals surface area contributed by atoms with Crippen LogP contribution in [0.25, 0.3) is 0 Å². The van der Waals surface area contributed by atoms with Gasteiger partial charge in [0.2, 0.25) is 0 Å². The van der Waals surface area contributed by atoms with Gasteiger partial charge in [-0.05, 0) is 32.1 Å². The first-order chi connectivity index (χ1) is 10.0. The zero-order valence-corrected chi connectivity index (χ0v) is 14.6. The van der Waals surface area contributed by atoms with Crippen LogP contribution < -0.4 is 10.6 Å². The molecular weight excluding hydrogens is 260 g/mol. The number of nitrogens with zero attached hydrogens (tertiary/aromatic N) is 2. The van der Waals surface area contributed by atoms with E-state index in [1.807, 2.05) is 0 Å². The molecule has 0 aliphatic rings. The second kappa shape index (κ2) is 8.85. The molecule has 0 fully saturated rings. The van der Waals surface area contributed by atoms with Crippen molar-refractivity contribution in [3.05, 3.63) is 11.4 Å². The number of nitrogens with one attached hydrogen (secondary N) is 2. The average molecular weight is 292 g/mol. The Morgan fingerprint density at radius 2 is 1.67 bits per heavy atom. The maximum absolute atomic E-state index is 4.74. The first-order valence-corrected chi connectivity index (χ1v) is 8.41. The summed E-state index contributed by atoms with van der Waals surface area (Å²) in [6.07, 6.45) is 4.19.